The quantitative estimate of drug-likeness (QED) is 0.473. The largest absolute Gasteiger partial charge is 0.433 e. The SMILES string of the molecule is CCC(=Cc1ccc([N+](=O)[O-])o1)CBr. The van der Waals surface area contributed by atoms with Crippen molar-refractivity contribution < 1.29 is 9.34 Å². The second-order valence-electron chi connectivity index (χ2n) is 2.72. The maximum atomic E-state index is 10.3. The molecule has 0 radical (unpaired) electrons. The van der Waals surface area contributed by atoms with Crippen LogP contribution >= 0.6 is 15.9 Å². The third kappa shape index (κ3) is 2.70. The average molecular weight is 260 g/mol. The fourth-order valence-corrected chi connectivity index (χ4v) is 1.51. The minimum absolute atomic E-state index is 0.221. The van der Waals surface area contributed by atoms with E-state index in [4.69, 9.17) is 4.42 Å². The van der Waals surface area contributed by atoms with Crippen LogP contribution in [0.3, 0.4) is 0 Å². The van der Waals surface area contributed by atoms with E-state index in [2.05, 4.69) is 15.9 Å². The van der Waals surface area contributed by atoms with Crippen LogP contribution in [0.5, 0.6) is 0 Å². The van der Waals surface area contributed by atoms with Crippen LogP contribution in [0, 0.1) is 10.1 Å². The Labute approximate surface area is 89.9 Å². The van der Waals surface area contributed by atoms with E-state index in [9.17, 15) is 10.1 Å². The Kier molecular flexibility index (Phi) is 3.88. The third-order valence-electron chi connectivity index (χ3n) is 1.76. The van der Waals surface area contributed by atoms with Gasteiger partial charge in [0.2, 0.25) is 0 Å². The van der Waals surface area contributed by atoms with Crippen molar-refractivity contribution in [3.8, 4) is 0 Å². The predicted octanol–water partition coefficient (Wildman–Crippen LogP) is 3.38. The first-order valence-corrected chi connectivity index (χ1v) is 5.29. The van der Waals surface area contributed by atoms with Crippen molar-refractivity contribution >= 4 is 27.9 Å². The monoisotopic (exact) mass is 259 g/mol. The standard InChI is InChI=1S/C9H10BrNO3/c1-2-7(6-10)5-8-3-4-9(14-8)11(12)13/h3-5H,2,6H2,1H3. The lowest BCUT2D eigenvalue weighted by atomic mass is 10.2. The molecule has 1 rings (SSSR count). The van der Waals surface area contributed by atoms with E-state index in [0.29, 0.717) is 5.76 Å². The maximum Gasteiger partial charge on any atom is 0.433 e. The van der Waals surface area contributed by atoms with E-state index < -0.39 is 4.92 Å². The number of hydrogen-bond acceptors (Lipinski definition) is 3. The second kappa shape index (κ2) is 4.95. The van der Waals surface area contributed by atoms with E-state index >= 15 is 0 Å². The number of alkyl halides is 1. The molecule has 0 amide bonds. The molecular formula is C9H10BrNO3. The Balaban J connectivity index is 2.87. The highest BCUT2D eigenvalue weighted by Gasteiger charge is 2.10. The summed E-state index contributed by atoms with van der Waals surface area (Å²) in [6.07, 6.45) is 2.70. The van der Waals surface area contributed by atoms with Gasteiger partial charge in [-0.25, -0.2) is 0 Å². The number of halogens is 1. The zero-order chi connectivity index (χ0) is 10.6. The predicted molar refractivity (Wildman–Crippen MR) is 57.4 cm³/mol. The molecule has 0 fully saturated rings. The molecule has 0 N–H and O–H groups in total. The summed E-state index contributed by atoms with van der Waals surface area (Å²) in [5.74, 6) is 0.300. The summed E-state index contributed by atoms with van der Waals surface area (Å²) in [6, 6.07) is 2.95. The van der Waals surface area contributed by atoms with Crippen molar-refractivity contribution in [3.63, 3.8) is 0 Å². The molecule has 1 aromatic rings. The lowest BCUT2D eigenvalue weighted by Gasteiger charge is -1.95. The van der Waals surface area contributed by atoms with Crippen LogP contribution in [0.15, 0.2) is 22.1 Å². The topological polar surface area (TPSA) is 56.3 Å². The van der Waals surface area contributed by atoms with Crippen molar-refractivity contribution in [1.82, 2.24) is 0 Å². The van der Waals surface area contributed by atoms with Crippen LogP contribution in [-0.2, 0) is 0 Å². The van der Waals surface area contributed by atoms with Crippen LogP contribution in [0.25, 0.3) is 6.08 Å². The lowest BCUT2D eigenvalue weighted by molar-refractivity contribution is -0.402. The molecular weight excluding hydrogens is 250 g/mol. The summed E-state index contributed by atoms with van der Waals surface area (Å²) in [5.41, 5.74) is 1.13. The molecule has 14 heavy (non-hydrogen) atoms. The first-order chi connectivity index (χ1) is 6.67. The zero-order valence-corrected chi connectivity index (χ0v) is 9.28. The average Bonchev–Trinajstić information content (AvgIpc) is 2.62. The van der Waals surface area contributed by atoms with Crippen LogP contribution in [-0.4, -0.2) is 10.3 Å². The highest BCUT2D eigenvalue weighted by molar-refractivity contribution is 9.09. The zero-order valence-electron chi connectivity index (χ0n) is 7.70. The fourth-order valence-electron chi connectivity index (χ4n) is 0.954. The van der Waals surface area contributed by atoms with E-state index in [1.165, 1.54) is 6.07 Å². The number of furan rings is 1. The van der Waals surface area contributed by atoms with Crippen LogP contribution in [0.2, 0.25) is 0 Å². The van der Waals surface area contributed by atoms with E-state index in [0.717, 1.165) is 17.3 Å². The molecule has 0 aliphatic heterocycles. The van der Waals surface area contributed by atoms with E-state index in [-0.39, 0.29) is 5.88 Å². The molecule has 0 aliphatic rings. The van der Waals surface area contributed by atoms with E-state index in [1.54, 1.807) is 6.07 Å². The van der Waals surface area contributed by atoms with Crippen molar-refractivity contribution in [2.45, 2.75) is 13.3 Å². The van der Waals surface area contributed by atoms with Gasteiger partial charge in [0.25, 0.3) is 0 Å². The Morgan fingerprint density at radius 2 is 2.43 bits per heavy atom. The van der Waals surface area contributed by atoms with Gasteiger partial charge in [-0.2, -0.15) is 0 Å². The Morgan fingerprint density at radius 1 is 1.71 bits per heavy atom. The Bertz CT molecular complexity index is 351. The van der Waals surface area contributed by atoms with Gasteiger partial charge in [0.05, 0.1) is 6.07 Å². The number of hydrogen-bond donors (Lipinski definition) is 0. The maximum absolute atomic E-state index is 10.3. The van der Waals surface area contributed by atoms with Crippen molar-refractivity contribution in [2.75, 3.05) is 5.33 Å². The molecule has 1 heterocycles. The minimum atomic E-state index is -0.545. The van der Waals surface area contributed by atoms with Gasteiger partial charge in [0.1, 0.15) is 10.7 Å². The molecule has 0 unspecified atom stereocenters. The second-order valence-corrected chi connectivity index (χ2v) is 3.28. The van der Waals surface area contributed by atoms with Crippen molar-refractivity contribution in [2.24, 2.45) is 0 Å². The van der Waals surface area contributed by atoms with Gasteiger partial charge < -0.3 is 4.42 Å². The number of rotatable bonds is 4. The molecule has 0 bridgehead atoms. The van der Waals surface area contributed by atoms with Gasteiger partial charge in [-0.15, -0.1) is 0 Å². The smallest absolute Gasteiger partial charge is 0.401 e. The summed E-state index contributed by atoms with van der Waals surface area (Å²) in [5, 5.41) is 11.1. The molecule has 0 spiro atoms. The Hall–Kier alpha value is -1.10. The van der Waals surface area contributed by atoms with Gasteiger partial charge >= 0.3 is 5.88 Å². The molecule has 0 atom stereocenters. The first kappa shape index (κ1) is 11.0. The van der Waals surface area contributed by atoms with E-state index in [1.807, 2.05) is 13.0 Å². The minimum Gasteiger partial charge on any atom is -0.401 e. The highest BCUT2D eigenvalue weighted by atomic mass is 79.9. The molecule has 1 aromatic heterocycles. The fraction of sp³-hybridized carbons (Fsp3) is 0.333. The van der Waals surface area contributed by atoms with Crippen LogP contribution in [0.1, 0.15) is 19.1 Å². The van der Waals surface area contributed by atoms with Gasteiger partial charge in [0, 0.05) is 5.33 Å². The number of allylic oxidation sites excluding steroid dienone is 1. The van der Waals surface area contributed by atoms with Gasteiger partial charge in [-0.3, -0.25) is 10.1 Å². The van der Waals surface area contributed by atoms with Crippen LogP contribution in [0.4, 0.5) is 5.88 Å². The van der Waals surface area contributed by atoms with Gasteiger partial charge in [0.15, 0.2) is 0 Å². The summed E-state index contributed by atoms with van der Waals surface area (Å²) in [7, 11) is 0. The number of nitro groups is 1. The Morgan fingerprint density at radius 3 is 2.86 bits per heavy atom. The van der Waals surface area contributed by atoms with Crippen LogP contribution < -0.4 is 0 Å². The summed E-state index contributed by atoms with van der Waals surface area (Å²) >= 11 is 3.33. The molecule has 5 heteroatoms. The van der Waals surface area contributed by atoms with Gasteiger partial charge in [-0.05, 0) is 18.6 Å². The van der Waals surface area contributed by atoms with Crippen molar-refractivity contribution in [3.05, 3.63) is 33.6 Å². The third-order valence-corrected chi connectivity index (χ3v) is 2.48. The molecule has 76 valence electrons. The molecule has 4 nitrogen and oxygen atoms in total. The van der Waals surface area contributed by atoms with Gasteiger partial charge in [-0.1, -0.05) is 28.4 Å². The number of nitrogens with zero attached hydrogens (tertiary/aromatic N) is 1. The summed E-state index contributed by atoms with van der Waals surface area (Å²) < 4.78 is 4.98. The molecule has 0 saturated heterocycles. The lowest BCUT2D eigenvalue weighted by Crippen LogP contribution is -1.83. The first-order valence-electron chi connectivity index (χ1n) is 4.17. The van der Waals surface area contributed by atoms with Crippen molar-refractivity contribution in [1.29, 1.82) is 0 Å². The summed E-state index contributed by atoms with van der Waals surface area (Å²) in [4.78, 5) is 9.78. The molecule has 0 saturated carbocycles. The molecule has 0 aliphatic carbocycles. The normalized spacial score (nSPS) is 11.7. The summed E-state index contributed by atoms with van der Waals surface area (Å²) in [6.45, 7) is 2.02. The molecule has 0 aromatic carbocycles. The highest BCUT2D eigenvalue weighted by Crippen LogP contribution is 2.19.